The van der Waals surface area contributed by atoms with Gasteiger partial charge in [0.25, 0.3) is 5.91 Å². The zero-order chi connectivity index (χ0) is 15.2. The molecule has 0 spiro atoms. The van der Waals surface area contributed by atoms with Gasteiger partial charge in [0.15, 0.2) is 6.61 Å². The van der Waals surface area contributed by atoms with Crippen LogP contribution in [0.1, 0.15) is 12.5 Å². The SMILES string of the molecule is CNC(C)CNC(=O)COc1ccc(C(F)(F)F)cc1.Cl. The minimum Gasteiger partial charge on any atom is -0.484 e. The fourth-order valence-electron chi connectivity index (χ4n) is 1.31. The molecule has 21 heavy (non-hydrogen) atoms. The number of benzene rings is 1. The summed E-state index contributed by atoms with van der Waals surface area (Å²) in [4.78, 5) is 11.4. The average molecular weight is 327 g/mol. The fourth-order valence-corrected chi connectivity index (χ4v) is 1.31. The lowest BCUT2D eigenvalue weighted by Gasteiger charge is -2.12. The van der Waals surface area contributed by atoms with Gasteiger partial charge in [0.05, 0.1) is 5.56 Å². The molecule has 120 valence electrons. The summed E-state index contributed by atoms with van der Waals surface area (Å²) >= 11 is 0. The highest BCUT2D eigenvalue weighted by Crippen LogP contribution is 2.30. The van der Waals surface area contributed by atoms with Gasteiger partial charge in [0.1, 0.15) is 5.75 Å². The predicted octanol–water partition coefficient (Wildman–Crippen LogP) is 2.23. The van der Waals surface area contributed by atoms with Crippen LogP contribution >= 0.6 is 12.4 Å². The van der Waals surface area contributed by atoms with E-state index >= 15 is 0 Å². The highest BCUT2D eigenvalue weighted by molar-refractivity contribution is 5.85. The molecule has 0 bridgehead atoms. The van der Waals surface area contributed by atoms with E-state index in [-0.39, 0.29) is 36.7 Å². The lowest BCUT2D eigenvalue weighted by molar-refractivity contribution is -0.137. The second-order valence-corrected chi connectivity index (χ2v) is 4.30. The minimum absolute atomic E-state index is 0. The van der Waals surface area contributed by atoms with Gasteiger partial charge in [0, 0.05) is 12.6 Å². The van der Waals surface area contributed by atoms with Gasteiger partial charge in [-0.25, -0.2) is 0 Å². The number of hydrogen-bond donors (Lipinski definition) is 2. The van der Waals surface area contributed by atoms with E-state index in [1.165, 1.54) is 12.1 Å². The summed E-state index contributed by atoms with van der Waals surface area (Å²) in [5.74, 6) is -0.109. The van der Waals surface area contributed by atoms with E-state index in [1.807, 2.05) is 6.92 Å². The Hall–Kier alpha value is -1.47. The van der Waals surface area contributed by atoms with E-state index in [0.29, 0.717) is 6.54 Å². The van der Waals surface area contributed by atoms with Crippen molar-refractivity contribution < 1.29 is 22.7 Å². The average Bonchev–Trinajstić information content (AvgIpc) is 2.41. The van der Waals surface area contributed by atoms with Gasteiger partial charge in [-0.2, -0.15) is 13.2 Å². The monoisotopic (exact) mass is 326 g/mol. The Labute approximate surface area is 127 Å². The summed E-state index contributed by atoms with van der Waals surface area (Å²) in [6.07, 6.45) is -4.38. The highest BCUT2D eigenvalue weighted by Gasteiger charge is 2.30. The molecule has 2 N–H and O–H groups in total. The number of alkyl halides is 3. The number of carbonyl (C=O) groups is 1. The van der Waals surface area contributed by atoms with E-state index in [4.69, 9.17) is 4.74 Å². The lowest BCUT2D eigenvalue weighted by atomic mass is 10.2. The summed E-state index contributed by atoms with van der Waals surface area (Å²) in [5, 5.41) is 5.59. The largest absolute Gasteiger partial charge is 0.484 e. The quantitative estimate of drug-likeness (QED) is 0.843. The minimum atomic E-state index is -4.38. The van der Waals surface area contributed by atoms with Crippen LogP contribution < -0.4 is 15.4 Å². The summed E-state index contributed by atoms with van der Waals surface area (Å²) < 4.78 is 42.1. The summed E-state index contributed by atoms with van der Waals surface area (Å²) in [7, 11) is 1.77. The molecule has 1 amide bonds. The van der Waals surface area contributed by atoms with Crippen molar-refractivity contribution in [3.05, 3.63) is 29.8 Å². The Morgan fingerprint density at radius 1 is 1.29 bits per heavy atom. The smallest absolute Gasteiger partial charge is 0.416 e. The molecule has 0 aliphatic heterocycles. The van der Waals surface area contributed by atoms with E-state index < -0.39 is 11.7 Å². The molecule has 1 aromatic carbocycles. The topological polar surface area (TPSA) is 50.4 Å². The summed E-state index contributed by atoms with van der Waals surface area (Å²) in [5.41, 5.74) is -0.753. The maximum absolute atomic E-state index is 12.3. The second-order valence-electron chi connectivity index (χ2n) is 4.30. The van der Waals surface area contributed by atoms with Gasteiger partial charge in [-0.3, -0.25) is 4.79 Å². The molecular weight excluding hydrogens is 309 g/mol. The van der Waals surface area contributed by atoms with E-state index in [9.17, 15) is 18.0 Å². The summed E-state index contributed by atoms with van der Waals surface area (Å²) in [6, 6.07) is 4.33. The van der Waals surface area contributed by atoms with Crippen LogP contribution in [-0.2, 0) is 11.0 Å². The van der Waals surface area contributed by atoms with Gasteiger partial charge in [-0.1, -0.05) is 0 Å². The van der Waals surface area contributed by atoms with E-state index in [1.54, 1.807) is 7.05 Å². The molecule has 1 unspecified atom stereocenters. The number of halogens is 4. The second kappa shape index (κ2) is 8.74. The van der Waals surface area contributed by atoms with Crippen molar-refractivity contribution in [1.82, 2.24) is 10.6 Å². The molecule has 0 aliphatic carbocycles. The highest BCUT2D eigenvalue weighted by atomic mass is 35.5. The van der Waals surface area contributed by atoms with Crippen molar-refractivity contribution in [3.8, 4) is 5.75 Å². The third kappa shape index (κ3) is 7.19. The summed E-state index contributed by atoms with van der Waals surface area (Å²) in [6.45, 7) is 2.12. The molecule has 1 atom stereocenters. The first-order valence-electron chi connectivity index (χ1n) is 6.07. The molecule has 0 aromatic heterocycles. The number of likely N-dealkylation sites (N-methyl/N-ethyl adjacent to an activating group) is 1. The van der Waals surface area contributed by atoms with Crippen molar-refractivity contribution in [2.24, 2.45) is 0 Å². The fraction of sp³-hybridized carbons (Fsp3) is 0.462. The van der Waals surface area contributed by atoms with Crippen molar-refractivity contribution >= 4 is 18.3 Å². The number of carbonyl (C=O) groups excluding carboxylic acids is 1. The molecular formula is C13H18ClF3N2O2. The molecule has 1 rings (SSSR count). The van der Waals surface area contributed by atoms with Gasteiger partial charge in [-0.15, -0.1) is 12.4 Å². The Kier molecular flexibility index (Phi) is 8.12. The number of nitrogens with one attached hydrogen (secondary N) is 2. The third-order valence-corrected chi connectivity index (χ3v) is 2.65. The third-order valence-electron chi connectivity index (χ3n) is 2.65. The Bertz CT molecular complexity index is 438. The van der Waals surface area contributed by atoms with Crippen LogP contribution in [0.2, 0.25) is 0 Å². The van der Waals surface area contributed by atoms with Crippen LogP contribution in [0.4, 0.5) is 13.2 Å². The molecule has 1 aromatic rings. The number of rotatable bonds is 6. The van der Waals surface area contributed by atoms with Gasteiger partial charge >= 0.3 is 6.18 Å². The van der Waals surface area contributed by atoms with Crippen LogP contribution in [0.3, 0.4) is 0 Å². The molecule has 0 heterocycles. The van der Waals surface area contributed by atoms with Crippen LogP contribution in [0, 0.1) is 0 Å². The standard InChI is InChI=1S/C13H17F3N2O2.ClH/c1-9(17-2)7-18-12(19)8-20-11-5-3-10(4-6-11)13(14,15)16;/h3-6,9,17H,7-8H2,1-2H3,(H,18,19);1H. The number of ether oxygens (including phenoxy) is 1. The van der Waals surface area contributed by atoms with Gasteiger partial charge in [0.2, 0.25) is 0 Å². The van der Waals surface area contributed by atoms with Crippen molar-refractivity contribution in [2.75, 3.05) is 20.2 Å². The van der Waals surface area contributed by atoms with Crippen LogP contribution in [0.15, 0.2) is 24.3 Å². The van der Waals surface area contributed by atoms with Crippen molar-refractivity contribution in [2.45, 2.75) is 19.1 Å². The first kappa shape index (κ1) is 19.5. The van der Waals surface area contributed by atoms with Gasteiger partial charge < -0.3 is 15.4 Å². The van der Waals surface area contributed by atoms with Gasteiger partial charge in [-0.05, 0) is 38.2 Å². The first-order valence-corrected chi connectivity index (χ1v) is 6.07. The molecule has 0 saturated heterocycles. The molecule has 4 nitrogen and oxygen atoms in total. The van der Waals surface area contributed by atoms with Crippen molar-refractivity contribution in [3.63, 3.8) is 0 Å². The zero-order valence-electron chi connectivity index (χ0n) is 11.7. The maximum Gasteiger partial charge on any atom is 0.416 e. The number of hydrogen-bond acceptors (Lipinski definition) is 3. The predicted molar refractivity (Wildman–Crippen MR) is 75.7 cm³/mol. The van der Waals surface area contributed by atoms with E-state index in [0.717, 1.165) is 12.1 Å². The van der Waals surface area contributed by atoms with Crippen LogP contribution in [0.5, 0.6) is 5.75 Å². The Balaban J connectivity index is 0.00000400. The molecule has 0 saturated carbocycles. The first-order chi connectivity index (χ1) is 9.32. The normalized spacial score (nSPS) is 12.2. The maximum atomic E-state index is 12.3. The number of amides is 1. The van der Waals surface area contributed by atoms with Crippen LogP contribution in [-0.4, -0.2) is 32.1 Å². The lowest BCUT2D eigenvalue weighted by Crippen LogP contribution is -2.39. The van der Waals surface area contributed by atoms with Crippen molar-refractivity contribution in [1.29, 1.82) is 0 Å². The van der Waals surface area contributed by atoms with Crippen LogP contribution in [0.25, 0.3) is 0 Å². The molecule has 0 radical (unpaired) electrons. The Morgan fingerprint density at radius 3 is 2.33 bits per heavy atom. The molecule has 0 fully saturated rings. The van der Waals surface area contributed by atoms with E-state index in [2.05, 4.69) is 10.6 Å². The molecule has 8 heteroatoms. The zero-order valence-corrected chi connectivity index (χ0v) is 12.5. The Morgan fingerprint density at radius 2 is 1.86 bits per heavy atom. The molecule has 0 aliphatic rings.